The Morgan fingerprint density at radius 3 is 2.71 bits per heavy atom. The van der Waals surface area contributed by atoms with E-state index in [4.69, 9.17) is 10.6 Å². The quantitative estimate of drug-likeness (QED) is 0.262. The Hall–Kier alpha value is -1.34. The van der Waals surface area contributed by atoms with Crippen LogP contribution in [0.25, 0.3) is 0 Å². The molecule has 1 aliphatic rings. The SMILES string of the molecule is CCc1nc(NN)c(C)c(SCC2(CC(=O)OC)CC2)n1. The summed E-state index contributed by atoms with van der Waals surface area (Å²) >= 11 is 1.67. The number of hydrazine groups is 1. The van der Waals surface area contributed by atoms with Gasteiger partial charge in [-0.3, -0.25) is 4.79 Å². The van der Waals surface area contributed by atoms with E-state index in [0.29, 0.717) is 12.2 Å². The molecule has 0 bridgehead atoms. The van der Waals surface area contributed by atoms with Crippen molar-refractivity contribution < 1.29 is 9.53 Å². The molecule has 3 N–H and O–H groups in total. The Kier molecular flexibility index (Phi) is 5.05. The number of aryl methyl sites for hydroxylation is 1. The molecule has 0 radical (unpaired) electrons. The number of rotatable bonds is 7. The van der Waals surface area contributed by atoms with Crippen LogP contribution in [0.4, 0.5) is 5.82 Å². The first-order chi connectivity index (χ1) is 10.0. The van der Waals surface area contributed by atoms with E-state index in [2.05, 4.69) is 15.4 Å². The van der Waals surface area contributed by atoms with Gasteiger partial charge in [0, 0.05) is 17.7 Å². The molecule has 116 valence electrons. The number of carbonyl (C=O) groups excluding carboxylic acids is 1. The number of thioether (sulfide) groups is 1. The molecule has 2 rings (SSSR count). The number of anilines is 1. The third-order valence-corrected chi connectivity index (χ3v) is 5.25. The van der Waals surface area contributed by atoms with Gasteiger partial charge in [0.2, 0.25) is 0 Å². The molecule has 6 nitrogen and oxygen atoms in total. The topological polar surface area (TPSA) is 90.1 Å². The lowest BCUT2D eigenvalue weighted by Crippen LogP contribution is -2.15. The maximum Gasteiger partial charge on any atom is 0.306 e. The van der Waals surface area contributed by atoms with Crippen LogP contribution in [-0.4, -0.2) is 28.8 Å². The molecule has 1 heterocycles. The second-order valence-corrected chi connectivity index (χ2v) is 6.42. The molecule has 0 unspecified atom stereocenters. The summed E-state index contributed by atoms with van der Waals surface area (Å²) in [7, 11) is 1.44. The zero-order chi connectivity index (χ0) is 15.5. The van der Waals surface area contributed by atoms with Crippen molar-refractivity contribution in [1.82, 2.24) is 9.97 Å². The van der Waals surface area contributed by atoms with Crippen molar-refractivity contribution in [2.75, 3.05) is 18.3 Å². The first-order valence-electron chi connectivity index (χ1n) is 7.07. The summed E-state index contributed by atoms with van der Waals surface area (Å²) in [5.74, 6) is 7.69. The third-order valence-electron chi connectivity index (χ3n) is 3.82. The van der Waals surface area contributed by atoms with Crippen LogP contribution in [-0.2, 0) is 16.0 Å². The fraction of sp³-hybridized carbons (Fsp3) is 0.643. The van der Waals surface area contributed by atoms with Gasteiger partial charge in [-0.2, -0.15) is 0 Å². The van der Waals surface area contributed by atoms with E-state index in [0.717, 1.165) is 41.4 Å². The lowest BCUT2D eigenvalue weighted by Gasteiger charge is -2.15. The summed E-state index contributed by atoms with van der Waals surface area (Å²) in [6.07, 6.45) is 3.39. The summed E-state index contributed by atoms with van der Waals surface area (Å²) < 4.78 is 4.77. The van der Waals surface area contributed by atoms with E-state index >= 15 is 0 Å². The average molecular weight is 310 g/mol. The van der Waals surface area contributed by atoms with Crippen molar-refractivity contribution in [3.63, 3.8) is 0 Å². The van der Waals surface area contributed by atoms with Crippen molar-refractivity contribution >= 4 is 23.5 Å². The minimum atomic E-state index is -0.133. The third kappa shape index (κ3) is 3.85. The number of nitrogens with one attached hydrogen (secondary N) is 1. The van der Waals surface area contributed by atoms with Gasteiger partial charge in [0.15, 0.2) is 0 Å². The van der Waals surface area contributed by atoms with E-state index in [1.165, 1.54) is 7.11 Å². The van der Waals surface area contributed by atoms with Crippen LogP contribution in [0, 0.1) is 12.3 Å². The molecule has 1 aliphatic carbocycles. The van der Waals surface area contributed by atoms with Crippen molar-refractivity contribution in [3.8, 4) is 0 Å². The van der Waals surface area contributed by atoms with E-state index < -0.39 is 0 Å². The second kappa shape index (κ2) is 6.62. The summed E-state index contributed by atoms with van der Waals surface area (Å²) in [6, 6.07) is 0. The molecule has 0 spiro atoms. The number of nitrogen functional groups attached to an aromatic ring is 1. The molecule has 1 saturated carbocycles. The van der Waals surface area contributed by atoms with Gasteiger partial charge in [0.25, 0.3) is 0 Å². The van der Waals surface area contributed by atoms with Crippen LogP contribution >= 0.6 is 11.8 Å². The molecular formula is C14H22N4O2S. The number of esters is 1. The smallest absolute Gasteiger partial charge is 0.306 e. The Bertz CT molecular complexity index is 532. The molecule has 0 atom stereocenters. The molecule has 0 saturated heterocycles. The van der Waals surface area contributed by atoms with E-state index in [1.54, 1.807) is 11.8 Å². The minimum absolute atomic E-state index is 0.0812. The number of methoxy groups -OCH3 is 1. The van der Waals surface area contributed by atoms with Gasteiger partial charge < -0.3 is 10.2 Å². The molecule has 1 fully saturated rings. The number of aromatic nitrogens is 2. The first-order valence-corrected chi connectivity index (χ1v) is 8.06. The van der Waals surface area contributed by atoms with E-state index in [1.807, 2.05) is 13.8 Å². The van der Waals surface area contributed by atoms with Crippen LogP contribution in [0.2, 0.25) is 0 Å². The zero-order valence-corrected chi connectivity index (χ0v) is 13.5. The first kappa shape index (κ1) is 16.0. The van der Waals surface area contributed by atoms with Gasteiger partial charge in [0.05, 0.1) is 13.5 Å². The van der Waals surface area contributed by atoms with Crippen molar-refractivity contribution in [2.24, 2.45) is 11.3 Å². The second-order valence-electron chi connectivity index (χ2n) is 5.46. The number of nitrogens with two attached hydrogens (primary N) is 1. The Labute approximate surface area is 129 Å². The van der Waals surface area contributed by atoms with Crippen molar-refractivity contribution in [3.05, 3.63) is 11.4 Å². The molecule has 0 aromatic carbocycles. The molecule has 1 aromatic rings. The Morgan fingerprint density at radius 1 is 1.48 bits per heavy atom. The van der Waals surface area contributed by atoms with Crippen LogP contribution < -0.4 is 11.3 Å². The monoisotopic (exact) mass is 310 g/mol. The van der Waals surface area contributed by atoms with E-state index in [-0.39, 0.29) is 11.4 Å². The highest BCUT2D eigenvalue weighted by Gasteiger charge is 2.44. The maximum absolute atomic E-state index is 11.5. The highest BCUT2D eigenvalue weighted by Crippen LogP contribution is 2.52. The Balaban J connectivity index is 2.08. The van der Waals surface area contributed by atoms with Crippen molar-refractivity contribution in [1.29, 1.82) is 0 Å². The summed E-state index contributed by atoms with van der Waals surface area (Å²) in [5.41, 5.74) is 3.66. The number of hydrogen-bond acceptors (Lipinski definition) is 7. The largest absolute Gasteiger partial charge is 0.469 e. The normalized spacial score (nSPS) is 15.6. The fourth-order valence-corrected chi connectivity index (χ4v) is 3.44. The molecule has 7 heteroatoms. The lowest BCUT2D eigenvalue weighted by molar-refractivity contribution is -0.141. The van der Waals surface area contributed by atoms with Crippen molar-refractivity contribution in [2.45, 2.75) is 44.6 Å². The standard InChI is InChI=1S/C14H22N4O2S/c1-4-10-16-12(18-15)9(2)13(17-10)21-8-14(5-6-14)7-11(19)20-3/h4-8,15H2,1-3H3,(H,16,17,18). The fourth-order valence-electron chi connectivity index (χ4n) is 2.13. The molecular weight excluding hydrogens is 288 g/mol. The highest BCUT2D eigenvalue weighted by atomic mass is 32.2. The molecule has 1 aromatic heterocycles. The number of nitrogens with zero attached hydrogens (tertiary/aromatic N) is 2. The summed E-state index contributed by atoms with van der Waals surface area (Å²) in [5, 5.41) is 0.936. The predicted molar refractivity (Wildman–Crippen MR) is 83.0 cm³/mol. The van der Waals surface area contributed by atoms with Crippen LogP contribution in [0.15, 0.2) is 5.03 Å². The number of hydrogen-bond donors (Lipinski definition) is 2. The minimum Gasteiger partial charge on any atom is -0.469 e. The van der Waals surface area contributed by atoms with Crippen LogP contribution in [0.3, 0.4) is 0 Å². The van der Waals surface area contributed by atoms with Gasteiger partial charge in [-0.1, -0.05) is 6.92 Å². The highest BCUT2D eigenvalue weighted by molar-refractivity contribution is 7.99. The summed E-state index contributed by atoms with van der Waals surface area (Å²) in [4.78, 5) is 20.4. The van der Waals surface area contributed by atoms with Gasteiger partial charge in [0.1, 0.15) is 16.7 Å². The number of carbonyl (C=O) groups is 1. The average Bonchev–Trinajstić information content (AvgIpc) is 3.26. The van der Waals surface area contributed by atoms with Crippen LogP contribution in [0.1, 0.15) is 37.6 Å². The van der Waals surface area contributed by atoms with Gasteiger partial charge >= 0.3 is 5.97 Å². The molecule has 0 amide bonds. The van der Waals surface area contributed by atoms with E-state index in [9.17, 15) is 4.79 Å². The Morgan fingerprint density at radius 2 is 2.19 bits per heavy atom. The maximum atomic E-state index is 11.5. The molecule has 0 aliphatic heterocycles. The molecule has 21 heavy (non-hydrogen) atoms. The number of ether oxygens (including phenoxy) is 1. The summed E-state index contributed by atoms with van der Waals surface area (Å²) in [6.45, 7) is 3.97. The predicted octanol–water partition coefficient (Wildman–Crippen LogP) is 2.07. The van der Waals surface area contributed by atoms with Gasteiger partial charge in [-0.25, -0.2) is 15.8 Å². The zero-order valence-electron chi connectivity index (χ0n) is 12.7. The lowest BCUT2D eigenvalue weighted by atomic mass is 10.1. The van der Waals surface area contributed by atoms with Gasteiger partial charge in [-0.05, 0) is 25.2 Å². The van der Waals surface area contributed by atoms with Gasteiger partial charge in [-0.15, -0.1) is 11.8 Å². The van der Waals surface area contributed by atoms with Crippen LogP contribution in [0.5, 0.6) is 0 Å².